The quantitative estimate of drug-likeness (QED) is 0.619. The Balaban J connectivity index is 2.14. The summed E-state index contributed by atoms with van der Waals surface area (Å²) in [6.45, 7) is 6.52. The van der Waals surface area contributed by atoms with Crippen LogP contribution >= 0.6 is 0 Å². The summed E-state index contributed by atoms with van der Waals surface area (Å²) in [7, 11) is 1.36. The van der Waals surface area contributed by atoms with E-state index in [2.05, 4.69) is 15.2 Å². The van der Waals surface area contributed by atoms with Gasteiger partial charge in [0, 0.05) is 13.0 Å². The minimum absolute atomic E-state index is 0.139. The lowest BCUT2D eigenvalue weighted by Gasteiger charge is -2.13. The van der Waals surface area contributed by atoms with Crippen LogP contribution in [0.3, 0.4) is 0 Å². The van der Waals surface area contributed by atoms with Gasteiger partial charge in [-0.15, -0.1) is 0 Å². The highest BCUT2D eigenvalue weighted by atomic mass is 16.5. The van der Waals surface area contributed by atoms with Crippen molar-refractivity contribution in [2.45, 2.75) is 39.5 Å². The largest absolute Gasteiger partial charge is 0.469 e. The summed E-state index contributed by atoms with van der Waals surface area (Å²) in [5, 5.41) is 7.26. The van der Waals surface area contributed by atoms with E-state index in [4.69, 9.17) is 0 Å². The Morgan fingerprint density at radius 2 is 1.92 bits per heavy atom. The number of hydrogen-bond donors (Lipinski definition) is 1. The lowest BCUT2D eigenvalue weighted by Crippen LogP contribution is -2.26. The summed E-state index contributed by atoms with van der Waals surface area (Å²) in [6, 6.07) is 8.03. The molecule has 1 aromatic heterocycles. The first-order chi connectivity index (χ1) is 11.9. The van der Waals surface area contributed by atoms with Crippen LogP contribution in [0.4, 0.5) is 0 Å². The van der Waals surface area contributed by atoms with Gasteiger partial charge >= 0.3 is 5.97 Å². The number of rotatable bonds is 7. The van der Waals surface area contributed by atoms with Crippen LogP contribution in [0.1, 0.15) is 54.2 Å². The number of carbonyl (C=O) groups excluding carboxylic acids is 2. The van der Waals surface area contributed by atoms with E-state index in [-0.39, 0.29) is 24.2 Å². The minimum atomic E-state index is -0.274. The van der Waals surface area contributed by atoms with Crippen molar-refractivity contribution in [2.24, 2.45) is 0 Å². The molecule has 1 aromatic carbocycles. The van der Waals surface area contributed by atoms with E-state index in [9.17, 15) is 9.59 Å². The first-order valence-corrected chi connectivity index (χ1v) is 8.44. The second-order valence-electron chi connectivity index (χ2n) is 6.28. The van der Waals surface area contributed by atoms with E-state index < -0.39 is 0 Å². The molecule has 1 amide bonds. The van der Waals surface area contributed by atoms with Crippen molar-refractivity contribution in [1.82, 2.24) is 15.1 Å². The van der Waals surface area contributed by atoms with Crippen molar-refractivity contribution in [3.8, 4) is 5.69 Å². The summed E-state index contributed by atoms with van der Waals surface area (Å²) >= 11 is 0. The van der Waals surface area contributed by atoms with Crippen LogP contribution in [0.2, 0.25) is 0 Å². The van der Waals surface area contributed by atoms with Crippen molar-refractivity contribution < 1.29 is 14.3 Å². The smallest absolute Gasteiger partial charge is 0.305 e. The molecular formula is C19H25N3O3. The second kappa shape index (κ2) is 8.46. The van der Waals surface area contributed by atoms with Gasteiger partial charge in [-0.05, 0) is 31.4 Å². The van der Waals surface area contributed by atoms with Crippen LogP contribution in [0, 0.1) is 6.92 Å². The summed E-state index contributed by atoms with van der Waals surface area (Å²) in [4.78, 5) is 23.6. The molecule has 0 fully saturated rings. The molecule has 0 saturated heterocycles. The van der Waals surface area contributed by atoms with E-state index in [1.54, 1.807) is 6.20 Å². The Kier molecular flexibility index (Phi) is 6.33. The van der Waals surface area contributed by atoms with Crippen LogP contribution in [0.15, 0.2) is 30.5 Å². The zero-order valence-corrected chi connectivity index (χ0v) is 15.2. The summed E-state index contributed by atoms with van der Waals surface area (Å²) in [5.41, 5.74) is 3.53. The van der Waals surface area contributed by atoms with Crippen molar-refractivity contribution in [3.63, 3.8) is 0 Å². The lowest BCUT2D eigenvalue weighted by molar-refractivity contribution is -0.140. The Hall–Kier alpha value is -2.63. The highest BCUT2D eigenvalue weighted by Gasteiger charge is 2.20. The molecule has 0 aliphatic rings. The van der Waals surface area contributed by atoms with Gasteiger partial charge < -0.3 is 10.1 Å². The predicted octanol–water partition coefficient (Wildman–Crippen LogP) is 2.99. The Labute approximate surface area is 148 Å². The summed E-state index contributed by atoms with van der Waals surface area (Å²) in [6.07, 6.45) is 2.43. The van der Waals surface area contributed by atoms with Gasteiger partial charge in [0.25, 0.3) is 5.91 Å². The van der Waals surface area contributed by atoms with Gasteiger partial charge in [-0.2, -0.15) is 5.10 Å². The van der Waals surface area contributed by atoms with Crippen molar-refractivity contribution in [1.29, 1.82) is 0 Å². The molecule has 1 heterocycles. The highest BCUT2D eigenvalue weighted by Crippen LogP contribution is 2.23. The van der Waals surface area contributed by atoms with Gasteiger partial charge in [0.1, 0.15) is 0 Å². The molecule has 1 N–H and O–H groups in total. The first-order valence-electron chi connectivity index (χ1n) is 8.44. The highest BCUT2D eigenvalue weighted by molar-refractivity contribution is 5.95. The van der Waals surface area contributed by atoms with Gasteiger partial charge in [0.05, 0.1) is 30.3 Å². The number of methoxy groups -OCH3 is 1. The maximum atomic E-state index is 12.5. The standard InChI is InChI=1S/C19H25N3O3/c1-13(2)18-16(19(24)20-11-5-6-17(23)25-4)12-21-22(18)15-9-7-14(3)8-10-15/h7-10,12-13H,5-6,11H2,1-4H3,(H,20,24). The van der Waals surface area contributed by atoms with Gasteiger partial charge in [-0.3, -0.25) is 9.59 Å². The molecule has 0 radical (unpaired) electrons. The van der Waals surface area contributed by atoms with Crippen LogP contribution in [0.25, 0.3) is 5.69 Å². The number of hydrogen-bond acceptors (Lipinski definition) is 4. The Bertz CT molecular complexity index is 733. The van der Waals surface area contributed by atoms with Gasteiger partial charge in [-0.25, -0.2) is 4.68 Å². The lowest BCUT2D eigenvalue weighted by atomic mass is 10.0. The zero-order valence-electron chi connectivity index (χ0n) is 15.2. The average Bonchev–Trinajstić information content (AvgIpc) is 3.04. The Morgan fingerprint density at radius 1 is 1.24 bits per heavy atom. The fourth-order valence-corrected chi connectivity index (χ4v) is 2.61. The molecule has 6 heteroatoms. The number of aromatic nitrogens is 2. The molecule has 25 heavy (non-hydrogen) atoms. The normalized spacial score (nSPS) is 10.8. The molecule has 2 rings (SSSR count). The molecule has 2 aromatic rings. The maximum Gasteiger partial charge on any atom is 0.305 e. The molecule has 0 spiro atoms. The number of ether oxygens (including phenoxy) is 1. The van der Waals surface area contributed by atoms with E-state index in [0.29, 0.717) is 18.5 Å². The third kappa shape index (κ3) is 4.68. The SMILES string of the molecule is COC(=O)CCCNC(=O)c1cnn(-c2ccc(C)cc2)c1C(C)C. The fourth-order valence-electron chi connectivity index (χ4n) is 2.61. The monoisotopic (exact) mass is 343 g/mol. The summed E-state index contributed by atoms with van der Waals surface area (Å²) < 4.78 is 6.40. The molecule has 0 aliphatic carbocycles. The van der Waals surface area contributed by atoms with Crippen LogP contribution in [-0.2, 0) is 9.53 Å². The zero-order chi connectivity index (χ0) is 18.4. The van der Waals surface area contributed by atoms with Gasteiger partial charge in [0.2, 0.25) is 0 Å². The maximum absolute atomic E-state index is 12.5. The fraction of sp³-hybridized carbons (Fsp3) is 0.421. The minimum Gasteiger partial charge on any atom is -0.469 e. The molecule has 0 bridgehead atoms. The molecule has 0 saturated carbocycles. The van der Waals surface area contributed by atoms with Crippen LogP contribution in [-0.4, -0.2) is 35.3 Å². The van der Waals surface area contributed by atoms with Crippen molar-refractivity contribution in [2.75, 3.05) is 13.7 Å². The predicted molar refractivity (Wildman–Crippen MR) is 96.0 cm³/mol. The topological polar surface area (TPSA) is 73.2 Å². The average molecular weight is 343 g/mol. The van der Waals surface area contributed by atoms with Gasteiger partial charge in [-0.1, -0.05) is 31.5 Å². The first kappa shape index (κ1) is 18.7. The summed E-state index contributed by atoms with van der Waals surface area (Å²) in [5.74, 6) is -0.309. The number of carbonyl (C=O) groups is 2. The Morgan fingerprint density at radius 3 is 2.52 bits per heavy atom. The van der Waals surface area contributed by atoms with E-state index in [1.165, 1.54) is 12.7 Å². The third-order valence-corrected chi connectivity index (χ3v) is 3.95. The molecule has 6 nitrogen and oxygen atoms in total. The van der Waals surface area contributed by atoms with Crippen LogP contribution in [0.5, 0.6) is 0 Å². The van der Waals surface area contributed by atoms with Crippen molar-refractivity contribution >= 4 is 11.9 Å². The molecule has 0 unspecified atom stereocenters. The number of aryl methyl sites for hydroxylation is 1. The second-order valence-corrected chi connectivity index (χ2v) is 6.28. The molecule has 0 atom stereocenters. The number of benzene rings is 1. The van der Waals surface area contributed by atoms with Gasteiger partial charge in [0.15, 0.2) is 0 Å². The van der Waals surface area contributed by atoms with E-state index in [0.717, 1.165) is 11.4 Å². The number of amides is 1. The number of esters is 1. The number of nitrogens with zero attached hydrogens (tertiary/aromatic N) is 2. The van der Waals surface area contributed by atoms with Crippen molar-refractivity contribution in [3.05, 3.63) is 47.3 Å². The van der Waals surface area contributed by atoms with E-state index in [1.807, 2.05) is 49.7 Å². The van der Waals surface area contributed by atoms with Crippen LogP contribution < -0.4 is 5.32 Å². The third-order valence-electron chi connectivity index (χ3n) is 3.95. The molecular weight excluding hydrogens is 318 g/mol. The molecule has 0 aliphatic heterocycles. The number of nitrogens with one attached hydrogen (secondary N) is 1. The van der Waals surface area contributed by atoms with E-state index >= 15 is 0 Å². The molecule has 134 valence electrons.